The van der Waals surface area contributed by atoms with Crippen LogP contribution in [0.1, 0.15) is 51.8 Å². The highest BCUT2D eigenvalue weighted by Gasteiger charge is 2.35. The standard InChI is InChI=1S/C30H33N3O4.ClH/c1-6-32(7-2)19(5)17-37-25-13-12-22(28-21(25)14-15-36-28)26-27(30(35)31-29(26)34)23-16-33(18(3)4)24-11-9-8-10-20(23)24;/h8-16,18-19H,6-7,17H2,1-5H3,(H,31,34,35);1H. The average molecular weight is 536 g/mol. The zero-order valence-electron chi connectivity index (χ0n) is 22.4. The summed E-state index contributed by atoms with van der Waals surface area (Å²) < 4.78 is 14.2. The summed E-state index contributed by atoms with van der Waals surface area (Å²) in [5.41, 5.74) is 3.53. The molecule has 0 saturated heterocycles. The summed E-state index contributed by atoms with van der Waals surface area (Å²) in [4.78, 5) is 28.7. The van der Waals surface area contributed by atoms with Crippen molar-refractivity contribution >= 4 is 57.2 Å². The number of nitrogens with one attached hydrogen (secondary N) is 1. The van der Waals surface area contributed by atoms with Gasteiger partial charge in [-0.15, -0.1) is 12.4 Å². The molecule has 7 nitrogen and oxygen atoms in total. The van der Waals surface area contributed by atoms with Crippen LogP contribution in [0.2, 0.25) is 0 Å². The topological polar surface area (TPSA) is 76.7 Å². The third kappa shape index (κ3) is 4.61. The highest BCUT2D eigenvalue weighted by atomic mass is 35.5. The molecule has 1 aliphatic rings. The molecule has 0 saturated carbocycles. The maximum atomic E-state index is 13.2. The number of imide groups is 1. The fraction of sp³-hybridized carbons (Fsp3) is 0.333. The van der Waals surface area contributed by atoms with Crippen molar-refractivity contribution in [2.75, 3.05) is 19.7 Å². The molecule has 4 aromatic rings. The Labute approximate surface area is 228 Å². The molecule has 1 N–H and O–H groups in total. The lowest BCUT2D eigenvalue weighted by Crippen LogP contribution is -2.36. The van der Waals surface area contributed by atoms with Gasteiger partial charge in [-0.3, -0.25) is 19.8 Å². The second-order valence-corrected chi connectivity index (χ2v) is 9.75. The van der Waals surface area contributed by atoms with Crippen molar-refractivity contribution in [3.63, 3.8) is 0 Å². The van der Waals surface area contributed by atoms with E-state index in [0.29, 0.717) is 34.6 Å². The van der Waals surface area contributed by atoms with Gasteiger partial charge in [-0.2, -0.15) is 0 Å². The summed E-state index contributed by atoms with van der Waals surface area (Å²) in [6.07, 6.45) is 3.56. The third-order valence-electron chi connectivity index (χ3n) is 7.26. The van der Waals surface area contributed by atoms with Crippen molar-refractivity contribution in [3.8, 4) is 5.75 Å². The number of furan rings is 1. The summed E-state index contributed by atoms with van der Waals surface area (Å²) in [5, 5.41) is 4.21. The minimum Gasteiger partial charge on any atom is -0.491 e. The Balaban J connectivity index is 0.00000336. The third-order valence-corrected chi connectivity index (χ3v) is 7.26. The molecular formula is C30H34ClN3O4. The molecule has 0 radical (unpaired) electrons. The van der Waals surface area contributed by atoms with Crippen molar-refractivity contribution < 1.29 is 18.7 Å². The molecule has 0 bridgehead atoms. The van der Waals surface area contributed by atoms with Crippen LogP contribution in [0.5, 0.6) is 5.75 Å². The lowest BCUT2D eigenvalue weighted by molar-refractivity contribution is -0.122. The first-order chi connectivity index (χ1) is 17.8. The van der Waals surface area contributed by atoms with Gasteiger partial charge in [0, 0.05) is 40.3 Å². The number of benzene rings is 2. The molecule has 0 fully saturated rings. The number of likely N-dealkylation sites (N-methyl/N-ethyl adjacent to an activating group) is 1. The number of amides is 2. The van der Waals surface area contributed by atoms with E-state index >= 15 is 0 Å². The molecule has 38 heavy (non-hydrogen) atoms. The number of carbonyl (C=O) groups is 2. The van der Waals surface area contributed by atoms with Crippen LogP contribution >= 0.6 is 12.4 Å². The summed E-state index contributed by atoms with van der Waals surface area (Å²) >= 11 is 0. The number of halogens is 1. The fourth-order valence-corrected chi connectivity index (χ4v) is 5.32. The van der Waals surface area contributed by atoms with Gasteiger partial charge in [0.05, 0.1) is 22.8 Å². The molecule has 1 atom stereocenters. The average Bonchev–Trinajstić information content (AvgIpc) is 3.59. The number of carbonyl (C=O) groups excluding carboxylic acids is 2. The highest BCUT2D eigenvalue weighted by Crippen LogP contribution is 2.41. The first-order valence-electron chi connectivity index (χ1n) is 12.9. The Morgan fingerprint density at radius 2 is 1.61 bits per heavy atom. The minimum atomic E-state index is -0.428. The Morgan fingerprint density at radius 3 is 2.29 bits per heavy atom. The summed E-state index contributed by atoms with van der Waals surface area (Å²) in [6, 6.07) is 13.9. The van der Waals surface area contributed by atoms with Crippen molar-refractivity contribution in [2.45, 2.75) is 46.7 Å². The number of fused-ring (bicyclic) bond motifs is 2. The predicted molar refractivity (Wildman–Crippen MR) is 154 cm³/mol. The first-order valence-corrected chi connectivity index (χ1v) is 12.9. The Bertz CT molecular complexity index is 1530. The predicted octanol–water partition coefficient (Wildman–Crippen LogP) is 6.07. The van der Waals surface area contributed by atoms with Gasteiger partial charge in [-0.1, -0.05) is 32.0 Å². The molecule has 8 heteroatoms. The van der Waals surface area contributed by atoms with E-state index in [9.17, 15) is 9.59 Å². The lowest BCUT2D eigenvalue weighted by atomic mass is 9.95. The van der Waals surface area contributed by atoms with Gasteiger partial charge in [0.25, 0.3) is 11.8 Å². The second kappa shape index (κ2) is 11.1. The highest BCUT2D eigenvalue weighted by molar-refractivity contribution is 6.50. The minimum absolute atomic E-state index is 0. The van der Waals surface area contributed by atoms with Crippen LogP contribution < -0.4 is 10.1 Å². The van der Waals surface area contributed by atoms with Gasteiger partial charge in [-0.05, 0) is 58.1 Å². The van der Waals surface area contributed by atoms with Gasteiger partial charge < -0.3 is 13.7 Å². The molecule has 200 valence electrons. The summed E-state index contributed by atoms with van der Waals surface area (Å²) in [7, 11) is 0. The largest absolute Gasteiger partial charge is 0.491 e. The van der Waals surface area contributed by atoms with Crippen molar-refractivity contribution in [3.05, 3.63) is 66.1 Å². The molecule has 2 aromatic heterocycles. The molecule has 2 amide bonds. The van der Waals surface area contributed by atoms with Gasteiger partial charge in [-0.25, -0.2) is 0 Å². The van der Waals surface area contributed by atoms with Gasteiger partial charge in [0.15, 0.2) is 0 Å². The van der Waals surface area contributed by atoms with Crippen molar-refractivity contribution in [1.82, 2.24) is 14.8 Å². The van der Waals surface area contributed by atoms with Crippen molar-refractivity contribution in [1.29, 1.82) is 0 Å². The smallest absolute Gasteiger partial charge is 0.259 e. The van der Waals surface area contributed by atoms with E-state index in [4.69, 9.17) is 9.15 Å². The molecule has 5 rings (SSSR count). The number of hydrogen-bond donors (Lipinski definition) is 1. The van der Waals surface area contributed by atoms with E-state index in [-0.39, 0.29) is 24.5 Å². The van der Waals surface area contributed by atoms with E-state index in [1.165, 1.54) is 0 Å². The molecule has 0 aliphatic carbocycles. The van der Waals surface area contributed by atoms with E-state index in [2.05, 4.69) is 49.4 Å². The molecule has 2 aromatic carbocycles. The van der Waals surface area contributed by atoms with Gasteiger partial charge in [0.2, 0.25) is 0 Å². The van der Waals surface area contributed by atoms with E-state index in [0.717, 1.165) is 34.9 Å². The van der Waals surface area contributed by atoms with Crippen LogP contribution in [0.15, 0.2) is 59.3 Å². The zero-order chi connectivity index (χ0) is 26.3. The van der Waals surface area contributed by atoms with Crippen LogP contribution in [0.3, 0.4) is 0 Å². The maximum Gasteiger partial charge on any atom is 0.259 e. The first kappa shape index (κ1) is 27.5. The van der Waals surface area contributed by atoms with Crippen LogP contribution in [0, 0.1) is 0 Å². The van der Waals surface area contributed by atoms with E-state index in [1.807, 2.05) is 48.7 Å². The van der Waals surface area contributed by atoms with E-state index < -0.39 is 11.8 Å². The summed E-state index contributed by atoms with van der Waals surface area (Å²) in [6.45, 7) is 13.1. The van der Waals surface area contributed by atoms with Gasteiger partial charge in [0.1, 0.15) is 17.9 Å². The molecule has 1 unspecified atom stereocenters. The number of aromatic nitrogens is 1. The lowest BCUT2D eigenvalue weighted by Gasteiger charge is -2.26. The van der Waals surface area contributed by atoms with Crippen LogP contribution in [0.25, 0.3) is 33.0 Å². The van der Waals surface area contributed by atoms with E-state index in [1.54, 1.807) is 6.26 Å². The monoisotopic (exact) mass is 535 g/mol. The normalized spacial score (nSPS) is 14.6. The molecule has 1 aliphatic heterocycles. The number of para-hydroxylation sites is 1. The maximum absolute atomic E-state index is 13.2. The number of nitrogens with zero attached hydrogens (tertiary/aromatic N) is 2. The SMILES string of the molecule is CCN(CC)C(C)COc1ccc(C2=C(c3cn(C(C)C)c4ccccc34)C(=O)NC2=O)c2occc12.Cl. The fourth-order valence-electron chi connectivity index (χ4n) is 5.32. The molecular weight excluding hydrogens is 502 g/mol. The van der Waals surface area contributed by atoms with Crippen LogP contribution in [0.4, 0.5) is 0 Å². The second-order valence-electron chi connectivity index (χ2n) is 9.75. The van der Waals surface area contributed by atoms with Crippen LogP contribution in [-0.2, 0) is 9.59 Å². The molecule has 3 heterocycles. The van der Waals surface area contributed by atoms with Gasteiger partial charge >= 0.3 is 0 Å². The zero-order valence-corrected chi connectivity index (χ0v) is 23.2. The Kier molecular flexibility index (Phi) is 7.99. The quantitative estimate of drug-likeness (QED) is 0.263. The Morgan fingerprint density at radius 1 is 0.921 bits per heavy atom. The van der Waals surface area contributed by atoms with Crippen molar-refractivity contribution in [2.24, 2.45) is 0 Å². The summed E-state index contributed by atoms with van der Waals surface area (Å²) in [5.74, 6) is -0.141. The number of ether oxygens (including phenoxy) is 1. The number of hydrogen-bond acceptors (Lipinski definition) is 5. The Hall–Kier alpha value is -3.55. The molecule has 0 spiro atoms. The number of rotatable bonds is 9. The van der Waals surface area contributed by atoms with Crippen LogP contribution in [-0.4, -0.2) is 47.0 Å².